The molecule has 1 aromatic heterocycles. The fourth-order valence-electron chi connectivity index (χ4n) is 3.88. The van der Waals surface area contributed by atoms with Crippen LogP contribution in [0.1, 0.15) is 24.8 Å². The Bertz CT molecular complexity index is 729. The molecule has 2 saturated heterocycles. The first-order chi connectivity index (χ1) is 11.7. The summed E-state index contributed by atoms with van der Waals surface area (Å²) in [5.74, 6) is 1.02. The van der Waals surface area contributed by atoms with E-state index in [9.17, 15) is 4.79 Å². The highest BCUT2D eigenvalue weighted by atomic mass is 16.5. The number of carbonyl (C=O) groups is 1. The Labute approximate surface area is 141 Å². The molecule has 1 aromatic carbocycles. The summed E-state index contributed by atoms with van der Waals surface area (Å²) >= 11 is 0. The molecular formula is C18H22N4O2. The number of nitrogens with zero attached hydrogens (tertiary/aromatic N) is 3. The van der Waals surface area contributed by atoms with Gasteiger partial charge >= 0.3 is 0 Å². The Morgan fingerprint density at radius 2 is 2.21 bits per heavy atom. The molecule has 126 valence electrons. The number of rotatable bonds is 4. The van der Waals surface area contributed by atoms with Gasteiger partial charge in [-0.05, 0) is 42.7 Å². The minimum absolute atomic E-state index is 0.171. The van der Waals surface area contributed by atoms with Crippen LogP contribution >= 0.6 is 0 Å². The highest BCUT2D eigenvalue weighted by Gasteiger charge is 2.37. The second-order valence-corrected chi connectivity index (χ2v) is 6.51. The molecule has 2 fully saturated rings. The van der Waals surface area contributed by atoms with E-state index in [4.69, 9.17) is 4.74 Å². The molecule has 0 radical (unpaired) electrons. The largest absolute Gasteiger partial charge is 0.497 e. The second-order valence-electron chi connectivity index (χ2n) is 6.51. The SMILES string of the molecule is COc1ccc(-n2cccn2)c(CN2[C@@H]3CC[C@H]2CNC(=O)C3)c1. The molecule has 2 bridgehead atoms. The number of ether oxygens (including phenoxy) is 1. The summed E-state index contributed by atoms with van der Waals surface area (Å²) in [6, 6.07) is 8.75. The second kappa shape index (κ2) is 6.28. The van der Waals surface area contributed by atoms with Crippen LogP contribution in [0.25, 0.3) is 5.69 Å². The topological polar surface area (TPSA) is 59.4 Å². The third kappa shape index (κ3) is 2.78. The maximum absolute atomic E-state index is 11.9. The Balaban J connectivity index is 1.67. The van der Waals surface area contributed by atoms with Crippen LogP contribution in [0.2, 0.25) is 0 Å². The zero-order valence-electron chi connectivity index (χ0n) is 13.8. The summed E-state index contributed by atoms with van der Waals surface area (Å²) in [7, 11) is 1.69. The average Bonchev–Trinajstić information content (AvgIpc) is 3.20. The van der Waals surface area contributed by atoms with Gasteiger partial charge in [0.05, 0.1) is 12.8 Å². The van der Waals surface area contributed by atoms with Crippen LogP contribution < -0.4 is 10.1 Å². The lowest BCUT2D eigenvalue weighted by atomic mass is 10.1. The van der Waals surface area contributed by atoms with Crippen molar-refractivity contribution < 1.29 is 9.53 Å². The molecule has 0 unspecified atom stereocenters. The van der Waals surface area contributed by atoms with Gasteiger partial charge in [-0.25, -0.2) is 4.68 Å². The predicted molar refractivity (Wildman–Crippen MR) is 90.1 cm³/mol. The summed E-state index contributed by atoms with van der Waals surface area (Å²) in [6.07, 6.45) is 6.57. The van der Waals surface area contributed by atoms with E-state index in [-0.39, 0.29) is 5.91 Å². The number of hydrogen-bond acceptors (Lipinski definition) is 4. The van der Waals surface area contributed by atoms with Gasteiger partial charge in [0.25, 0.3) is 0 Å². The Hall–Kier alpha value is -2.34. The molecule has 2 atom stereocenters. The molecule has 6 heteroatoms. The van der Waals surface area contributed by atoms with Gasteiger partial charge in [0.1, 0.15) is 5.75 Å². The zero-order chi connectivity index (χ0) is 16.5. The zero-order valence-corrected chi connectivity index (χ0v) is 13.8. The molecule has 1 amide bonds. The van der Waals surface area contributed by atoms with Crippen molar-refractivity contribution in [2.75, 3.05) is 13.7 Å². The summed E-state index contributed by atoms with van der Waals surface area (Å²) < 4.78 is 7.30. The van der Waals surface area contributed by atoms with Crippen LogP contribution in [0, 0.1) is 0 Å². The quantitative estimate of drug-likeness (QED) is 0.930. The number of amides is 1. The van der Waals surface area contributed by atoms with Crippen molar-refractivity contribution >= 4 is 5.91 Å². The van der Waals surface area contributed by atoms with Gasteiger partial charge in [0, 0.05) is 44.0 Å². The smallest absolute Gasteiger partial charge is 0.221 e. The number of carbonyl (C=O) groups excluding carboxylic acids is 1. The maximum atomic E-state index is 11.9. The maximum Gasteiger partial charge on any atom is 0.221 e. The van der Waals surface area contributed by atoms with Crippen molar-refractivity contribution in [1.82, 2.24) is 20.0 Å². The number of benzene rings is 1. The first-order valence-electron chi connectivity index (χ1n) is 8.44. The third-order valence-electron chi connectivity index (χ3n) is 5.12. The average molecular weight is 326 g/mol. The fraction of sp³-hybridized carbons (Fsp3) is 0.444. The van der Waals surface area contributed by atoms with Crippen molar-refractivity contribution in [2.45, 2.75) is 37.9 Å². The normalized spacial score (nSPS) is 23.8. The van der Waals surface area contributed by atoms with E-state index in [1.54, 1.807) is 13.3 Å². The summed E-state index contributed by atoms with van der Waals surface area (Å²) in [6.45, 7) is 1.55. The molecule has 1 N–H and O–H groups in total. The van der Waals surface area contributed by atoms with Gasteiger partial charge < -0.3 is 10.1 Å². The van der Waals surface area contributed by atoms with Crippen molar-refractivity contribution in [1.29, 1.82) is 0 Å². The summed E-state index contributed by atoms with van der Waals surface area (Å²) in [4.78, 5) is 14.3. The minimum Gasteiger partial charge on any atom is -0.497 e. The van der Waals surface area contributed by atoms with Crippen molar-refractivity contribution in [2.24, 2.45) is 0 Å². The first kappa shape index (κ1) is 15.2. The molecule has 0 saturated carbocycles. The molecule has 24 heavy (non-hydrogen) atoms. The van der Waals surface area contributed by atoms with Gasteiger partial charge in [-0.15, -0.1) is 0 Å². The van der Waals surface area contributed by atoms with Crippen LogP contribution in [0.15, 0.2) is 36.7 Å². The summed E-state index contributed by atoms with van der Waals surface area (Å²) in [5, 5.41) is 7.40. The number of hydrogen-bond donors (Lipinski definition) is 1. The Morgan fingerprint density at radius 3 is 3.00 bits per heavy atom. The molecule has 0 aliphatic carbocycles. The van der Waals surface area contributed by atoms with Gasteiger partial charge in [-0.3, -0.25) is 9.69 Å². The molecule has 2 aromatic rings. The lowest BCUT2D eigenvalue weighted by molar-refractivity contribution is -0.121. The van der Waals surface area contributed by atoms with Crippen LogP contribution in [0.4, 0.5) is 0 Å². The molecule has 2 aliphatic heterocycles. The standard InChI is InChI=1S/C18H22N4O2/c1-24-16-5-6-17(22-8-2-7-20-22)13(9-16)12-21-14-3-4-15(21)11-19-18(23)10-14/h2,5-9,14-15H,3-4,10-12H2,1H3,(H,19,23)/t14-,15+/m1/s1. The molecule has 0 spiro atoms. The summed E-state index contributed by atoms with van der Waals surface area (Å²) in [5.41, 5.74) is 2.23. The number of methoxy groups -OCH3 is 1. The lowest BCUT2D eigenvalue weighted by Gasteiger charge is -2.28. The van der Waals surface area contributed by atoms with Crippen molar-refractivity contribution in [3.05, 3.63) is 42.2 Å². The molecule has 6 nitrogen and oxygen atoms in total. The van der Waals surface area contributed by atoms with Gasteiger partial charge in [0.15, 0.2) is 0 Å². The van der Waals surface area contributed by atoms with E-state index in [1.807, 2.05) is 29.1 Å². The number of fused-ring (bicyclic) bond motifs is 2. The lowest BCUT2D eigenvalue weighted by Crippen LogP contribution is -2.37. The van der Waals surface area contributed by atoms with E-state index in [0.717, 1.165) is 37.4 Å². The number of nitrogens with one attached hydrogen (secondary N) is 1. The van der Waals surface area contributed by atoms with Crippen LogP contribution in [-0.4, -0.2) is 46.3 Å². The minimum atomic E-state index is 0.171. The molecular weight excluding hydrogens is 304 g/mol. The third-order valence-corrected chi connectivity index (χ3v) is 5.12. The fourth-order valence-corrected chi connectivity index (χ4v) is 3.88. The van der Waals surface area contributed by atoms with Crippen molar-refractivity contribution in [3.8, 4) is 11.4 Å². The number of aromatic nitrogens is 2. The van der Waals surface area contributed by atoms with Gasteiger partial charge in [-0.2, -0.15) is 5.10 Å². The molecule has 2 aliphatic rings. The highest BCUT2D eigenvalue weighted by molar-refractivity contribution is 5.77. The predicted octanol–water partition coefficient (Wildman–Crippen LogP) is 1.73. The monoisotopic (exact) mass is 326 g/mol. The van der Waals surface area contributed by atoms with E-state index in [0.29, 0.717) is 18.5 Å². The van der Waals surface area contributed by atoms with E-state index in [2.05, 4.69) is 21.4 Å². The van der Waals surface area contributed by atoms with Crippen LogP contribution in [0.5, 0.6) is 5.75 Å². The molecule has 4 rings (SSSR count). The Morgan fingerprint density at radius 1 is 1.33 bits per heavy atom. The van der Waals surface area contributed by atoms with Gasteiger partial charge in [0.2, 0.25) is 5.91 Å². The van der Waals surface area contributed by atoms with E-state index < -0.39 is 0 Å². The van der Waals surface area contributed by atoms with Crippen molar-refractivity contribution in [3.63, 3.8) is 0 Å². The van der Waals surface area contributed by atoms with E-state index in [1.165, 1.54) is 5.56 Å². The first-order valence-corrected chi connectivity index (χ1v) is 8.44. The van der Waals surface area contributed by atoms with Crippen LogP contribution in [-0.2, 0) is 11.3 Å². The van der Waals surface area contributed by atoms with Crippen LogP contribution in [0.3, 0.4) is 0 Å². The molecule has 3 heterocycles. The van der Waals surface area contributed by atoms with E-state index >= 15 is 0 Å². The highest BCUT2D eigenvalue weighted by Crippen LogP contribution is 2.32. The Kier molecular flexibility index (Phi) is 3.98. The van der Waals surface area contributed by atoms with Gasteiger partial charge in [-0.1, -0.05) is 0 Å².